The van der Waals surface area contributed by atoms with Gasteiger partial charge in [-0.15, -0.1) is 0 Å². The van der Waals surface area contributed by atoms with Gasteiger partial charge in [-0.25, -0.2) is 0 Å². The third-order valence-corrected chi connectivity index (χ3v) is 6.83. The Kier molecular flexibility index (Phi) is 3.70. The molecule has 1 aromatic rings. The van der Waals surface area contributed by atoms with E-state index in [1.54, 1.807) is 0 Å². The number of piperidine rings is 2. The van der Waals surface area contributed by atoms with Crippen molar-refractivity contribution in [3.05, 3.63) is 41.5 Å². The standard InChI is InChI=1S/C22H26N2O2/c25-20-8-5-17(15-24(20)18-6-7-18)21(26)23-13-11-22(12-14-23)10-9-16-3-1-2-4-19(16)22/h1-4,9-10,17-18H,5-8,11-15H2. The van der Waals surface area contributed by atoms with Gasteiger partial charge in [0.15, 0.2) is 0 Å². The third kappa shape index (κ3) is 2.58. The Bertz CT molecular complexity index is 772. The zero-order valence-electron chi connectivity index (χ0n) is 15.2. The molecule has 2 amide bonds. The Morgan fingerprint density at radius 1 is 1.08 bits per heavy atom. The van der Waals surface area contributed by atoms with Crippen molar-refractivity contribution in [1.29, 1.82) is 0 Å². The summed E-state index contributed by atoms with van der Waals surface area (Å²) in [6, 6.07) is 9.06. The smallest absolute Gasteiger partial charge is 0.227 e. The van der Waals surface area contributed by atoms with Crippen molar-refractivity contribution >= 4 is 17.9 Å². The van der Waals surface area contributed by atoms with Gasteiger partial charge in [0, 0.05) is 37.5 Å². The number of rotatable bonds is 2. The van der Waals surface area contributed by atoms with Crippen LogP contribution >= 0.6 is 0 Å². The van der Waals surface area contributed by atoms with Crippen LogP contribution in [0.25, 0.3) is 6.08 Å². The Hall–Kier alpha value is -2.10. The average molecular weight is 350 g/mol. The number of carbonyl (C=O) groups is 2. The normalized spacial score (nSPS) is 27.1. The van der Waals surface area contributed by atoms with Crippen molar-refractivity contribution < 1.29 is 9.59 Å². The Morgan fingerprint density at radius 3 is 2.62 bits per heavy atom. The first-order valence-corrected chi connectivity index (χ1v) is 10.0. The van der Waals surface area contributed by atoms with Crippen molar-refractivity contribution in [3.63, 3.8) is 0 Å². The molecular weight excluding hydrogens is 324 g/mol. The monoisotopic (exact) mass is 350 g/mol. The molecule has 2 heterocycles. The fraction of sp³-hybridized carbons (Fsp3) is 0.545. The quantitative estimate of drug-likeness (QED) is 0.823. The zero-order chi connectivity index (χ0) is 17.7. The lowest BCUT2D eigenvalue weighted by Gasteiger charge is -2.41. The van der Waals surface area contributed by atoms with Gasteiger partial charge in [-0.2, -0.15) is 0 Å². The summed E-state index contributed by atoms with van der Waals surface area (Å²) in [7, 11) is 0. The van der Waals surface area contributed by atoms with Gasteiger partial charge in [-0.05, 0) is 43.2 Å². The van der Waals surface area contributed by atoms with E-state index in [0.717, 1.165) is 45.2 Å². The van der Waals surface area contributed by atoms with Crippen LogP contribution in [0.1, 0.15) is 49.7 Å². The van der Waals surface area contributed by atoms with Crippen LogP contribution in [0.15, 0.2) is 30.3 Å². The second kappa shape index (κ2) is 5.97. The lowest BCUT2D eigenvalue weighted by atomic mass is 9.74. The Labute approximate surface area is 154 Å². The fourth-order valence-corrected chi connectivity index (χ4v) is 5.07. The lowest BCUT2D eigenvalue weighted by Crippen LogP contribution is -2.51. The minimum Gasteiger partial charge on any atom is -0.342 e. The summed E-state index contributed by atoms with van der Waals surface area (Å²) in [6.45, 7) is 2.30. The highest BCUT2D eigenvalue weighted by Crippen LogP contribution is 2.44. The maximum atomic E-state index is 13.1. The van der Waals surface area contributed by atoms with Crippen LogP contribution in [0.2, 0.25) is 0 Å². The van der Waals surface area contributed by atoms with Gasteiger partial charge in [-0.3, -0.25) is 9.59 Å². The van der Waals surface area contributed by atoms with E-state index in [2.05, 4.69) is 41.3 Å². The molecule has 0 bridgehead atoms. The Balaban J connectivity index is 1.25. The molecule has 26 heavy (non-hydrogen) atoms. The largest absolute Gasteiger partial charge is 0.342 e. The van der Waals surface area contributed by atoms with Crippen molar-refractivity contribution in [2.24, 2.45) is 5.92 Å². The number of fused-ring (bicyclic) bond motifs is 2. The van der Waals surface area contributed by atoms with Crippen molar-refractivity contribution in [2.75, 3.05) is 19.6 Å². The van der Waals surface area contributed by atoms with Crippen LogP contribution in [0.4, 0.5) is 0 Å². The SMILES string of the molecule is O=C(C1CCC(=O)N(C2CC2)C1)N1CCC2(C=Cc3ccccc32)CC1. The molecule has 136 valence electrons. The number of likely N-dealkylation sites (tertiary alicyclic amines) is 2. The number of amides is 2. The van der Waals surface area contributed by atoms with E-state index >= 15 is 0 Å². The van der Waals surface area contributed by atoms with Gasteiger partial charge in [0.25, 0.3) is 0 Å². The van der Waals surface area contributed by atoms with Gasteiger partial charge in [0.1, 0.15) is 0 Å². The molecule has 4 heteroatoms. The summed E-state index contributed by atoms with van der Waals surface area (Å²) in [6.07, 6.45) is 10.1. The molecule has 0 radical (unpaired) electrons. The van der Waals surface area contributed by atoms with Crippen LogP contribution in [-0.4, -0.2) is 47.3 Å². The van der Waals surface area contributed by atoms with E-state index in [1.165, 1.54) is 11.1 Å². The average Bonchev–Trinajstić information content (AvgIpc) is 3.47. The van der Waals surface area contributed by atoms with Gasteiger partial charge >= 0.3 is 0 Å². The number of carbonyl (C=O) groups excluding carboxylic acids is 2. The second-order valence-corrected chi connectivity index (χ2v) is 8.41. The third-order valence-electron chi connectivity index (χ3n) is 6.83. The molecular formula is C22H26N2O2. The second-order valence-electron chi connectivity index (χ2n) is 8.41. The molecule has 1 aromatic carbocycles. The maximum absolute atomic E-state index is 13.1. The minimum atomic E-state index is 0.00811. The van der Waals surface area contributed by atoms with E-state index in [-0.39, 0.29) is 23.1 Å². The molecule has 0 aromatic heterocycles. The molecule has 2 saturated heterocycles. The summed E-state index contributed by atoms with van der Waals surface area (Å²) >= 11 is 0. The van der Waals surface area contributed by atoms with Crippen LogP contribution in [0.3, 0.4) is 0 Å². The molecule has 2 aliphatic heterocycles. The van der Waals surface area contributed by atoms with E-state index in [1.807, 2.05) is 4.90 Å². The molecule has 2 aliphatic carbocycles. The van der Waals surface area contributed by atoms with Gasteiger partial charge in [0.2, 0.25) is 11.8 Å². The van der Waals surface area contributed by atoms with Crippen molar-refractivity contribution in [2.45, 2.75) is 50.0 Å². The minimum absolute atomic E-state index is 0.00811. The summed E-state index contributed by atoms with van der Waals surface area (Å²) < 4.78 is 0. The van der Waals surface area contributed by atoms with E-state index in [9.17, 15) is 9.59 Å². The Morgan fingerprint density at radius 2 is 1.85 bits per heavy atom. The maximum Gasteiger partial charge on any atom is 0.227 e. The molecule has 0 N–H and O–H groups in total. The first-order chi connectivity index (χ1) is 12.7. The molecule has 1 saturated carbocycles. The van der Waals surface area contributed by atoms with Crippen LogP contribution < -0.4 is 0 Å². The summed E-state index contributed by atoms with van der Waals surface area (Å²) in [4.78, 5) is 29.2. The number of allylic oxidation sites excluding steroid dienone is 1. The zero-order valence-corrected chi connectivity index (χ0v) is 15.2. The van der Waals surface area contributed by atoms with Crippen LogP contribution in [0, 0.1) is 5.92 Å². The number of hydrogen-bond acceptors (Lipinski definition) is 2. The van der Waals surface area contributed by atoms with Gasteiger partial charge in [-0.1, -0.05) is 36.4 Å². The summed E-state index contributed by atoms with van der Waals surface area (Å²) in [5, 5.41) is 0. The molecule has 5 rings (SSSR count). The molecule has 1 spiro atoms. The fourth-order valence-electron chi connectivity index (χ4n) is 5.07. The molecule has 4 nitrogen and oxygen atoms in total. The predicted octanol–water partition coefficient (Wildman–Crippen LogP) is 2.97. The van der Waals surface area contributed by atoms with Gasteiger partial charge < -0.3 is 9.80 Å². The highest BCUT2D eigenvalue weighted by molar-refractivity contribution is 5.84. The topological polar surface area (TPSA) is 40.6 Å². The molecule has 1 unspecified atom stereocenters. The van der Waals surface area contributed by atoms with Crippen molar-refractivity contribution in [1.82, 2.24) is 9.80 Å². The van der Waals surface area contributed by atoms with E-state index in [4.69, 9.17) is 0 Å². The predicted molar refractivity (Wildman–Crippen MR) is 100 cm³/mol. The molecule has 4 aliphatic rings. The van der Waals surface area contributed by atoms with Crippen LogP contribution in [-0.2, 0) is 15.0 Å². The highest BCUT2D eigenvalue weighted by Gasteiger charge is 2.42. The lowest BCUT2D eigenvalue weighted by molar-refractivity contribution is -0.144. The van der Waals surface area contributed by atoms with Gasteiger partial charge in [0.05, 0.1) is 5.92 Å². The summed E-state index contributed by atoms with van der Waals surface area (Å²) in [5.74, 6) is 0.531. The number of benzene rings is 1. The number of nitrogens with zero attached hydrogens (tertiary/aromatic N) is 2. The molecule has 3 fully saturated rings. The first kappa shape index (κ1) is 16.1. The molecule has 1 atom stereocenters. The van der Waals surface area contributed by atoms with Crippen LogP contribution in [0.5, 0.6) is 0 Å². The number of hydrogen-bond donors (Lipinski definition) is 0. The summed E-state index contributed by atoms with van der Waals surface area (Å²) in [5.41, 5.74) is 2.88. The highest BCUT2D eigenvalue weighted by atomic mass is 16.2. The van der Waals surface area contributed by atoms with E-state index < -0.39 is 0 Å². The van der Waals surface area contributed by atoms with Crippen molar-refractivity contribution in [3.8, 4) is 0 Å². The first-order valence-electron chi connectivity index (χ1n) is 10.0. The van der Waals surface area contributed by atoms with E-state index in [0.29, 0.717) is 19.0 Å².